The molecule has 1 amide bonds. The van der Waals surface area contributed by atoms with E-state index < -0.39 is 10.0 Å². The zero-order chi connectivity index (χ0) is 20.0. The van der Waals surface area contributed by atoms with E-state index in [-0.39, 0.29) is 23.3 Å². The summed E-state index contributed by atoms with van der Waals surface area (Å²) >= 11 is 0. The summed E-state index contributed by atoms with van der Waals surface area (Å²) < 4.78 is 27.0. The van der Waals surface area contributed by atoms with Gasteiger partial charge in [-0.1, -0.05) is 48.0 Å². The third kappa shape index (κ3) is 5.20. The Morgan fingerprint density at radius 3 is 2.54 bits per heavy atom. The molecule has 3 rings (SSSR count). The molecular formula is C22H28N2O3S. The molecule has 0 saturated carbocycles. The standard InChI is InChI=1S/C22H28N2O3S/c1-18-11-13-19(14-12-18)7-5-15-23-22(25)20-8-6-16-24(17-20)28(26,27)21-9-3-2-4-10-21/h2-4,9-14,20H,5-8,15-17H2,1H3,(H,23,25). The van der Waals surface area contributed by atoms with Crippen LogP contribution in [0.4, 0.5) is 0 Å². The fourth-order valence-corrected chi connectivity index (χ4v) is 5.06. The van der Waals surface area contributed by atoms with Crippen molar-refractivity contribution >= 4 is 15.9 Å². The van der Waals surface area contributed by atoms with Gasteiger partial charge in [-0.05, 0) is 50.3 Å². The van der Waals surface area contributed by atoms with E-state index in [0.29, 0.717) is 19.5 Å². The summed E-state index contributed by atoms with van der Waals surface area (Å²) in [5, 5.41) is 2.99. The molecule has 1 atom stereocenters. The number of aryl methyl sites for hydroxylation is 2. The van der Waals surface area contributed by atoms with Crippen molar-refractivity contribution in [3.63, 3.8) is 0 Å². The Hall–Kier alpha value is -2.18. The fourth-order valence-electron chi connectivity index (χ4n) is 3.52. The Morgan fingerprint density at radius 1 is 1.11 bits per heavy atom. The quantitative estimate of drug-likeness (QED) is 0.726. The summed E-state index contributed by atoms with van der Waals surface area (Å²) in [7, 11) is -3.54. The van der Waals surface area contributed by atoms with Crippen LogP contribution in [-0.4, -0.2) is 38.3 Å². The molecule has 1 heterocycles. The van der Waals surface area contributed by atoms with E-state index in [1.54, 1.807) is 30.3 Å². The van der Waals surface area contributed by atoms with E-state index in [9.17, 15) is 13.2 Å². The molecule has 1 saturated heterocycles. The van der Waals surface area contributed by atoms with Gasteiger partial charge in [0.1, 0.15) is 0 Å². The number of benzene rings is 2. The Kier molecular flexibility index (Phi) is 6.86. The molecule has 2 aromatic carbocycles. The van der Waals surface area contributed by atoms with E-state index in [4.69, 9.17) is 0 Å². The SMILES string of the molecule is Cc1ccc(CCCNC(=O)C2CCCN(S(=O)(=O)c3ccccc3)C2)cc1. The summed E-state index contributed by atoms with van der Waals surface area (Å²) in [5.74, 6) is -0.330. The van der Waals surface area contributed by atoms with Gasteiger partial charge in [0.15, 0.2) is 0 Å². The summed E-state index contributed by atoms with van der Waals surface area (Å²) in [4.78, 5) is 12.8. The normalized spacial score (nSPS) is 18.0. The zero-order valence-corrected chi connectivity index (χ0v) is 17.1. The molecule has 0 spiro atoms. The molecule has 6 heteroatoms. The van der Waals surface area contributed by atoms with Crippen LogP contribution in [0.2, 0.25) is 0 Å². The lowest BCUT2D eigenvalue weighted by atomic mass is 9.99. The lowest BCUT2D eigenvalue weighted by Gasteiger charge is -2.31. The number of rotatable bonds is 7. The maximum atomic E-state index is 12.8. The summed E-state index contributed by atoms with van der Waals surface area (Å²) in [5.41, 5.74) is 2.50. The van der Waals surface area contributed by atoms with Crippen LogP contribution in [0.25, 0.3) is 0 Å². The molecule has 2 aromatic rings. The van der Waals surface area contributed by atoms with E-state index in [0.717, 1.165) is 19.3 Å². The molecule has 1 fully saturated rings. The van der Waals surface area contributed by atoms with Crippen molar-refractivity contribution in [2.24, 2.45) is 5.92 Å². The van der Waals surface area contributed by atoms with Crippen molar-refractivity contribution in [3.8, 4) is 0 Å². The minimum absolute atomic E-state index is 0.0446. The summed E-state index contributed by atoms with van der Waals surface area (Å²) in [6.07, 6.45) is 3.21. The third-order valence-electron chi connectivity index (χ3n) is 5.20. The molecule has 150 valence electrons. The topological polar surface area (TPSA) is 66.5 Å². The first-order valence-corrected chi connectivity index (χ1v) is 11.3. The van der Waals surface area contributed by atoms with Crippen LogP contribution in [-0.2, 0) is 21.2 Å². The highest BCUT2D eigenvalue weighted by Gasteiger charge is 2.33. The highest BCUT2D eigenvalue weighted by atomic mass is 32.2. The van der Waals surface area contributed by atoms with Crippen LogP contribution < -0.4 is 5.32 Å². The van der Waals surface area contributed by atoms with Crippen molar-refractivity contribution in [2.45, 2.75) is 37.5 Å². The molecule has 1 unspecified atom stereocenters. The molecule has 1 N–H and O–H groups in total. The van der Waals surface area contributed by atoms with Gasteiger partial charge in [-0.2, -0.15) is 4.31 Å². The number of nitrogens with one attached hydrogen (secondary N) is 1. The monoisotopic (exact) mass is 400 g/mol. The molecule has 28 heavy (non-hydrogen) atoms. The molecule has 0 bridgehead atoms. The van der Waals surface area contributed by atoms with Gasteiger partial charge in [0.05, 0.1) is 10.8 Å². The molecule has 0 aliphatic carbocycles. The Morgan fingerprint density at radius 2 is 1.82 bits per heavy atom. The molecule has 1 aliphatic rings. The predicted molar refractivity (Wildman–Crippen MR) is 110 cm³/mol. The zero-order valence-electron chi connectivity index (χ0n) is 16.3. The predicted octanol–water partition coefficient (Wildman–Crippen LogP) is 3.14. The number of hydrogen-bond acceptors (Lipinski definition) is 3. The van der Waals surface area contributed by atoms with Gasteiger partial charge in [-0.25, -0.2) is 8.42 Å². The largest absolute Gasteiger partial charge is 0.356 e. The minimum atomic E-state index is -3.54. The fraction of sp³-hybridized carbons (Fsp3) is 0.409. The first kappa shape index (κ1) is 20.6. The average molecular weight is 401 g/mol. The molecule has 5 nitrogen and oxygen atoms in total. The van der Waals surface area contributed by atoms with Gasteiger partial charge in [-0.3, -0.25) is 4.79 Å². The Bertz CT molecular complexity index is 880. The maximum Gasteiger partial charge on any atom is 0.243 e. The second kappa shape index (κ2) is 9.34. The number of carbonyl (C=O) groups is 1. The van der Waals surface area contributed by atoms with Crippen molar-refractivity contribution < 1.29 is 13.2 Å². The number of carbonyl (C=O) groups excluding carboxylic acids is 1. The van der Waals surface area contributed by atoms with E-state index in [1.165, 1.54) is 15.4 Å². The third-order valence-corrected chi connectivity index (χ3v) is 7.08. The van der Waals surface area contributed by atoms with Gasteiger partial charge >= 0.3 is 0 Å². The lowest BCUT2D eigenvalue weighted by molar-refractivity contribution is -0.126. The maximum absolute atomic E-state index is 12.8. The number of piperidine rings is 1. The van der Waals surface area contributed by atoms with Crippen molar-refractivity contribution in [1.29, 1.82) is 0 Å². The van der Waals surface area contributed by atoms with Gasteiger partial charge in [0.2, 0.25) is 15.9 Å². The van der Waals surface area contributed by atoms with Gasteiger partial charge in [0.25, 0.3) is 0 Å². The highest BCUT2D eigenvalue weighted by molar-refractivity contribution is 7.89. The van der Waals surface area contributed by atoms with Crippen molar-refractivity contribution in [2.75, 3.05) is 19.6 Å². The average Bonchev–Trinajstić information content (AvgIpc) is 2.73. The highest BCUT2D eigenvalue weighted by Crippen LogP contribution is 2.23. The molecule has 0 radical (unpaired) electrons. The van der Waals surface area contributed by atoms with Gasteiger partial charge in [-0.15, -0.1) is 0 Å². The molecule has 0 aromatic heterocycles. The van der Waals surface area contributed by atoms with Crippen LogP contribution >= 0.6 is 0 Å². The summed E-state index contributed by atoms with van der Waals surface area (Å²) in [6, 6.07) is 16.9. The van der Waals surface area contributed by atoms with Crippen molar-refractivity contribution in [1.82, 2.24) is 9.62 Å². The van der Waals surface area contributed by atoms with Crippen LogP contribution in [0.3, 0.4) is 0 Å². The van der Waals surface area contributed by atoms with E-state index >= 15 is 0 Å². The number of nitrogens with zero attached hydrogens (tertiary/aromatic N) is 1. The first-order chi connectivity index (χ1) is 13.5. The Balaban J connectivity index is 1.49. The van der Waals surface area contributed by atoms with E-state index in [2.05, 4.69) is 36.5 Å². The smallest absolute Gasteiger partial charge is 0.243 e. The lowest BCUT2D eigenvalue weighted by Crippen LogP contribution is -2.45. The van der Waals surface area contributed by atoms with Crippen LogP contribution in [0, 0.1) is 12.8 Å². The minimum Gasteiger partial charge on any atom is -0.356 e. The van der Waals surface area contributed by atoms with E-state index in [1.807, 2.05) is 0 Å². The van der Waals surface area contributed by atoms with Crippen molar-refractivity contribution in [3.05, 3.63) is 65.7 Å². The van der Waals surface area contributed by atoms with Gasteiger partial charge in [0, 0.05) is 19.6 Å². The number of hydrogen-bond donors (Lipinski definition) is 1. The number of sulfonamides is 1. The summed E-state index contributed by atoms with van der Waals surface area (Å²) in [6.45, 7) is 3.39. The van der Waals surface area contributed by atoms with Crippen LogP contribution in [0.5, 0.6) is 0 Å². The van der Waals surface area contributed by atoms with Crippen LogP contribution in [0.1, 0.15) is 30.4 Å². The molecule has 1 aliphatic heterocycles. The van der Waals surface area contributed by atoms with Gasteiger partial charge < -0.3 is 5.32 Å². The first-order valence-electron chi connectivity index (χ1n) is 9.85. The molecular weight excluding hydrogens is 372 g/mol. The second-order valence-electron chi connectivity index (χ2n) is 7.40. The Labute approximate surface area is 167 Å². The van der Waals surface area contributed by atoms with Crippen LogP contribution in [0.15, 0.2) is 59.5 Å². The number of amides is 1. The second-order valence-corrected chi connectivity index (χ2v) is 9.33.